The van der Waals surface area contributed by atoms with Gasteiger partial charge in [-0.25, -0.2) is 0 Å². The molecule has 1 saturated heterocycles. The van der Waals surface area contributed by atoms with Crippen LogP contribution in [0.4, 0.5) is 0 Å². The summed E-state index contributed by atoms with van der Waals surface area (Å²) in [4.78, 5) is 14.5. The molecule has 1 aliphatic heterocycles. The van der Waals surface area contributed by atoms with E-state index in [9.17, 15) is 9.90 Å². The predicted molar refractivity (Wildman–Crippen MR) is 81.6 cm³/mol. The summed E-state index contributed by atoms with van der Waals surface area (Å²) in [6.07, 6.45) is 3.98. The fourth-order valence-corrected chi connectivity index (χ4v) is 3.92. The number of aromatic nitrogens is 2. The van der Waals surface area contributed by atoms with Gasteiger partial charge < -0.3 is 14.7 Å². The third-order valence-corrected chi connectivity index (χ3v) is 5.34. The quantitative estimate of drug-likeness (QED) is 0.909. The van der Waals surface area contributed by atoms with Gasteiger partial charge in [-0.3, -0.25) is 9.48 Å². The number of hydrogen-bond acceptors (Lipinski definition) is 4. The topological polar surface area (TPSA) is 67.6 Å². The van der Waals surface area contributed by atoms with E-state index in [-0.39, 0.29) is 23.5 Å². The van der Waals surface area contributed by atoms with Gasteiger partial charge in [-0.05, 0) is 26.7 Å². The highest BCUT2D eigenvalue weighted by atomic mass is 16.5. The third kappa shape index (κ3) is 2.34. The number of ether oxygens (including phenoxy) is 1. The zero-order valence-electron chi connectivity index (χ0n) is 13.6. The van der Waals surface area contributed by atoms with Crippen molar-refractivity contribution >= 4 is 5.91 Å². The molecule has 0 bridgehead atoms. The molecular weight excluding hydrogens is 282 g/mol. The average Bonchev–Trinajstić information content (AvgIpc) is 2.85. The second-order valence-corrected chi connectivity index (χ2v) is 6.52. The van der Waals surface area contributed by atoms with E-state index < -0.39 is 0 Å². The van der Waals surface area contributed by atoms with Crippen LogP contribution in [0.25, 0.3) is 0 Å². The van der Waals surface area contributed by atoms with Crippen LogP contribution in [-0.2, 0) is 11.8 Å². The van der Waals surface area contributed by atoms with E-state index in [1.807, 2.05) is 25.8 Å². The van der Waals surface area contributed by atoms with Gasteiger partial charge in [-0.1, -0.05) is 0 Å². The van der Waals surface area contributed by atoms with Crippen molar-refractivity contribution in [1.29, 1.82) is 0 Å². The van der Waals surface area contributed by atoms with Gasteiger partial charge in [0.15, 0.2) is 0 Å². The van der Waals surface area contributed by atoms with Crippen molar-refractivity contribution in [3.63, 3.8) is 0 Å². The minimum atomic E-state index is -0.290. The summed E-state index contributed by atoms with van der Waals surface area (Å²) < 4.78 is 7.44. The molecule has 1 aromatic rings. The minimum Gasteiger partial charge on any atom is -0.392 e. The zero-order valence-corrected chi connectivity index (χ0v) is 13.6. The van der Waals surface area contributed by atoms with E-state index >= 15 is 0 Å². The molecule has 6 heteroatoms. The Morgan fingerprint density at radius 2 is 2.18 bits per heavy atom. The van der Waals surface area contributed by atoms with Gasteiger partial charge in [0.2, 0.25) is 0 Å². The number of nitrogens with zero attached hydrogens (tertiary/aromatic N) is 3. The van der Waals surface area contributed by atoms with Crippen LogP contribution in [0.3, 0.4) is 0 Å². The summed E-state index contributed by atoms with van der Waals surface area (Å²) in [6.45, 7) is 5.87. The maximum absolute atomic E-state index is 12.6. The number of aryl methyl sites for hydroxylation is 2. The van der Waals surface area contributed by atoms with Crippen molar-refractivity contribution in [2.75, 3.05) is 19.7 Å². The van der Waals surface area contributed by atoms with Crippen LogP contribution in [-0.4, -0.2) is 57.6 Å². The van der Waals surface area contributed by atoms with Crippen LogP contribution in [0.15, 0.2) is 6.20 Å². The van der Waals surface area contributed by atoms with Crippen LogP contribution in [0.5, 0.6) is 0 Å². The van der Waals surface area contributed by atoms with E-state index in [0.717, 1.165) is 25.0 Å². The van der Waals surface area contributed by atoms with E-state index in [1.165, 1.54) is 0 Å². The molecule has 1 aromatic heterocycles. The number of piperidine rings is 1. The lowest BCUT2D eigenvalue weighted by Gasteiger charge is -2.56. The summed E-state index contributed by atoms with van der Waals surface area (Å²) in [7, 11) is 1.83. The molecule has 1 saturated carbocycles. The lowest BCUT2D eigenvalue weighted by molar-refractivity contribution is -0.207. The van der Waals surface area contributed by atoms with Crippen molar-refractivity contribution < 1.29 is 14.6 Å². The van der Waals surface area contributed by atoms with Crippen molar-refractivity contribution in [2.24, 2.45) is 12.5 Å². The zero-order chi connectivity index (χ0) is 15.9. The normalized spacial score (nSPS) is 27.0. The molecule has 1 N–H and O–H groups in total. The van der Waals surface area contributed by atoms with Crippen LogP contribution in [0, 0.1) is 12.3 Å². The SMILES string of the molecule is CCO[C@H]1C[C@@H](O)C12CCN(C(=O)c1cn(C)nc1C)CC2. The van der Waals surface area contributed by atoms with Crippen LogP contribution in [0.1, 0.15) is 42.2 Å². The van der Waals surface area contributed by atoms with Gasteiger partial charge in [0, 0.05) is 44.8 Å². The molecule has 0 aromatic carbocycles. The largest absolute Gasteiger partial charge is 0.392 e. The van der Waals surface area contributed by atoms with Gasteiger partial charge in [0.05, 0.1) is 23.5 Å². The van der Waals surface area contributed by atoms with Crippen molar-refractivity contribution in [2.45, 2.75) is 45.3 Å². The Morgan fingerprint density at radius 1 is 1.50 bits per heavy atom. The van der Waals surface area contributed by atoms with Gasteiger partial charge in [-0.2, -0.15) is 5.10 Å². The van der Waals surface area contributed by atoms with E-state index in [4.69, 9.17) is 4.74 Å². The number of rotatable bonds is 3. The van der Waals surface area contributed by atoms with Crippen molar-refractivity contribution in [3.8, 4) is 0 Å². The molecule has 6 nitrogen and oxygen atoms in total. The monoisotopic (exact) mass is 307 g/mol. The molecule has 122 valence electrons. The standard InChI is InChI=1S/C16H25N3O3/c1-4-22-14-9-13(20)16(14)5-7-19(8-6-16)15(21)12-10-18(3)17-11(12)2/h10,13-14,20H,4-9H2,1-3H3/t13-,14+/m1/s1. The van der Waals surface area contributed by atoms with Crippen molar-refractivity contribution in [1.82, 2.24) is 14.7 Å². The Balaban J connectivity index is 1.67. The molecule has 0 unspecified atom stereocenters. The Bertz CT molecular complexity index is 559. The predicted octanol–water partition coefficient (Wildman–Crippen LogP) is 1.12. The number of aliphatic hydroxyl groups is 1. The molecule has 3 rings (SSSR count). The Morgan fingerprint density at radius 3 is 2.68 bits per heavy atom. The van der Waals surface area contributed by atoms with E-state index in [1.54, 1.807) is 10.9 Å². The molecule has 2 atom stereocenters. The lowest BCUT2D eigenvalue weighted by atomic mass is 9.58. The lowest BCUT2D eigenvalue weighted by Crippen LogP contribution is -2.62. The molecule has 2 aliphatic rings. The van der Waals surface area contributed by atoms with Crippen LogP contribution >= 0.6 is 0 Å². The number of likely N-dealkylation sites (tertiary alicyclic amines) is 1. The number of carbonyl (C=O) groups is 1. The number of hydrogen-bond donors (Lipinski definition) is 1. The molecule has 1 aliphatic carbocycles. The number of amides is 1. The van der Waals surface area contributed by atoms with Crippen molar-refractivity contribution in [3.05, 3.63) is 17.5 Å². The minimum absolute atomic E-state index is 0.0437. The summed E-state index contributed by atoms with van der Waals surface area (Å²) in [5, 5.41) is 14.5. The Hall–Kier alpha value is -1.40. The molecule has 2 fully saturated rings. The molecular formula is C16H25N3O3. The first kappa shape index (κ1) is 15.5. The smallest absolute Gasteiger partial charge is 0.257 e. The first-order valence-corrected chi connectivity index (χ1v) is 8.07. The molecule has 1 spiro atoms. The number of aliphatic hydroxyl groups excluding tert-OH is 1. The third-order valence-electron chi connectivity index (χ3n) is 5.34. The summed E-state index contributed by atoms with van der Waals surface area (Å²) >= 11 is 0. The van der Waals surface area contributed by atoms with Gasteiger partial charge in [-0.15, -0.1) is 0 Å². The second kappa shape index (κ2) is 5.66. The van der Waals surface area contributed by atoms with Crippen LogP contribution < -0.4 is 0 Å². The molecule has 22 heavy (non-hydrogen) atoms. The molecule has 0 radical (unpaired) electrons. The first-order chi connectivity index (χ1) is 10.5. The Kier molecular flexibility index (Phi) is 3.99. The fourth-order valence-electron chi connectivity index (χ4n) is 3.92. The maximum atomic E-state index is 12.6. The average molecular weight is 307 g/mol. The highest BCUT2D eigenvalue weighted by Gasteiger charge is 2.56. The van der Waals surface area contributed by atoms with E-state index in [2.05, 4.69) is 5.10 Å². The number of carbonyl (C=O) groups excluding carboxylic acids is 1. The molecule has 1 amide bonds. The second-order valence-electron chi connectivity index (χ2n) is 6.52. The summed E-state index contributed by atoms with van der Waals surface area (Å²) in [6, 6.07) is 0. The summed E-state index contributed by atoms with van der Waals surface area (Å²) in [5.74, 6) is 0.0437. The van der Waals surface area contributed by atoms with Gasteiger partial charge in [0.1, 0.15) is 0 Å². The first-order valence-electron chi connectivity index (χ1n) is 8.07. The molecule has 2 heterocycles. The van der Waals surface area contributed by atoms with Gasteiger partial charge >= 0.3 is 0 Å². The highest BCUT2D eigenvalue weighted by Crippen LogP contribution is 2.51. The summed E-state index contributed by atoms with van der Waals surface area (Å²) in [5.41, 5.74) is 1.30. The Labute approximate surface area is 131 Å². The maximum Gasteiger partial charge on any atom is 0.257 e. The van der Waals surface area contributed by atoms with Crippen LogP contribution in [0.2, 0.25) is 0 Å². The van der Waals surface area contributed by atoms with Gasteiger partial charge in [0.25, 0.3) is 5.91 Å². The highest BCUT2D eigenvalue weighted by molar-refractivity contribution is 5.95. The van der Waals surface area contributed by atoms with E-state index in [0.29, 0.717) is 25.3 Å². The fraction of sp³-hybridized carbons (Fsp3) is 0.750.